The van der Waals surface area contributed by atoms with Gasteiger partial charge in [-0.1, -0.05) is 13.8 Å². The summed E-state index contributed by atoms with van der Waals surface area (Å²) in [6.07, 6.45) is -11.2. The van der Waals surface area contributed by atoms with Crippen LogP contribution >= 0.6 is 0 Å². The first kappa shape index (κ1) is 27.8. The molecule has 2 aliphatic heterocycles. The average molecular weight is 491 g/mol. The smallest absolute Gasteiger partial charge is 0.405 e. The molecule has 2 fully saturated rings. The number of nitrogens with two attached hydrogens (primary N) is 1. The second-order valence-electron chi connectivity index (χ2n) is 8.27. The summed E-state index contributed by atoms with van der Waals surface area (Å²) in [5.41, 5.74) is 5.19. The van der Waals surface area contributed by atoms with Gasteiger partial charge in [-0.3, -0.25) is 14.4 Å². The molecule has 2 rings (SSSR count). The molecule has 0 saturated carbocycles. The molecule has 13 heteroatoms. The lowest BCUT2D eigenvalue weighted by atomic mass is 9.89. The lowest BCUT2D eigenvalue weighted by molar-refractivity contribution is -0.353. The zero-order valence-electron chi connectivity index (χ0n) is 20.0. The van der Waals surface area contributed by atoms with E-state index in [2.05, 4.69) is 0 Å². The number of rotatable bonds is 7. The molecule has 34 heavy (non-hydrogen) atoms. The van der Waals surface area contributed by atoms with Crippen LogP contribution in [-0.2, 0) is 47.5 Å². The molecule has 194 valence electrons. The minimum atomic E-state index is -1.52. The first-order valence-electron chi connectivity index (χ1n) is 11.0. The fraction of sp³-hybridized carbons (Fsp3) is 0.810. The number of primary amides is 1. The number of amides is 1. The topological polar surface area (TPSA) is 179 Å². The Labute approximate surface area is 197 Å². The number of aliphatic hydroxyl groups excluding tert-OH is 1. The predicted molar refractivity (Wildman–Crippen MR) is 111 cm³/mol. The molecule has 10 atom stereocenters. The molecule has 0 radical (unpaired) electrons. The Morgan fingerprint density at radius 2 is 1.32 bits per heavy atom. The van der Waals surface area contributed by atoms with Gasteiger partial charge in [0, 0.05) is 26.7 Å². The molecular formula is C21H33NO12. The van der Waals surface area contributed by atoms with Gasteiger partial charge in [0.25, 0.3) is 0 Å². The van der Waals surface area contributed by atoms with Gasteiger partial charge in [0.1, 0.15) is 12.2 Å². The first-order chi connectivity index (χ1) is 15.8. The van der Waals surface area contributed by atoms with E-state index in [4.69, 9.17) is 38.9 Å². The molecule has 2 saturated heterocycles. The molecule has 0 aromatic carbocycles. The summed E-state index contributed by atoms with van der Waals surface area (Å²) < 4.78 is 38.4. The normalized spacial score (nSPS) is 37.9. The highest BCUT2D eigenvalue weighted by molar-refractivity contribution is 5.68. The highest BCUT2D eigenvalue weighted by Gasteiger charge is 2.54. The van der Waals surface area contributed by atoms with Crippen LogP contribution in [0, 0.1) is 5.92 Å². The second-order valence-corrected chi connectivity index (χ2v) is 8.27. The minimum Gasteiger partial charge on any atom is -0.459 e. The second kappa shape index (κ2) is 11.8. The van der Waals surface area contributed by atoms with Crippen LogP contribution in [-0.4, -0.2) is 84.4 Å². The quantitative estimate of drug-likeness (QED) is 0.364. The largest absolute Gasteiger partial charge is 0.459 e. The highest BCUT2D eigenvalue weighted by atomic mass is 16.8. The zero-order valence-corrected chi connectivity index (χ0v) is 20.0. The van der Waals surface area contributed by atoms with Crippen LogP contribution in [0.3, 0.4) is 0 Å². The van der Waals surface area contributed by atoms with Crippen molar-refractivity contribution in [2.45, 2.75) is 103 Å². The summed E-state index contributed by atoms with van der Waals surface area (Å²) in [7, 11) is 0. The maximum absolute atomic E-state index is 11.8. The third-order valence-electron chi connectivity index (χ3n) is 5.60. The van der Waals surface area contributed by atoms with Crippen LogP contribution in [0.2, 0.25) is 0 Å². The van der Waals surface area contributed by atoms with Gasteiger partial charge in [-0.2, -0.15) is 0 Å². The van der Waals surface area contributed by atoms with Crippen molar-refractivity contribution in [3.8, 4) is 0 Å². The molecule has 0 aromatic rings. The van der Waals surface area contributed by atoms with Crippen molar-refractivity contribution in [1.82, 2.24) is 0 Å². The Balaban J connectivity index is 2.41. The van der Waals surface area contributed by atoms with Crippen molar-refractivity contribution in [3.05, 3.63) is 0 Å². The van der Waals surface area contributed by atoms with E-state index in [0.717, 1.165) is 13.8 Å². The Bertz CT molecular complexity index is 760. The van der Waals surface area contributed by atoms with Crippen molar-refractivity contribution in [2.24, 2.45) is 11.7 Å². The van der Waals surface area contributed by atoms with Crippen molar-refractivity contribution < 1.29 is 57.4 Å². The monoisotopic (exact) mass is 491 g/mol. The van der Waals surface area contributed by atoms with E-state index in [0.29, 0.717) is 6.42 Å². The van der Waals surface area contributed by atoms with E-state index in [9.17, 15) is 24.3 Å². The maximum Gasteiger partial charge on any atom is 0.405 e. The summed E-state index contributed by atoms with van der Waals surface area (Å²) in [5, 5.41) is 10.6. The van der Waals surface area contributed by atoms with E-state index >= 15 is 0 Å². The summed E-state index contributed by atoms with van der Waals surface area (Å²) >= 11 is 0. The summed E-state index contributed by atoms with van der Waals surface area (Å²) in [6, 6.07) is 0. The molecule has 0 aromatic heterocycles. The molecule has 0 aliphatic carbocycles. The standard InChI is InChI=1S/C21H33NO12/c1-7-13-8(2)14(29-10(4)23)17(19(26)32-13)33-20-18(31-12(6)25)16(34-21(22)27)15(9(3)28-20)30-11(5)24/h8-9,13-20,26H,7H2,1-6H3,(H2,22,27)/t8-,9?,13+,14+,15-,16+,17+,18+,19?,20?/m1/s1. The number of esters is 3. The molecule has 0 bridgehead atoms. The summed E-state index contributed by atoms with van der Waals surface area (Å²) in [6.45, 7) is 8.59. The first-order valence-corrected chi connectivity index (χ1v) is 11.0. The van der Waals surface area contributed by atoms with Crippen molar-refractivity contribution >= 4 is 24.0 Å². The molecule has 2 heterocycles. The van der Waals surface area contributed by atoms with E-state index in [1.165, 1.54) is 13.8 Å². The number of hydrogen-bond acceptors (Lipinski definition) is 12. The minimum absolute atomic E-state index is 0.373. The Kier molecular flexibility index (Phi) is 9.62. The Morgan fingerprint density at radius 1 is 0.794 bits per heavy atom. The molecule has 2 aliphatic rings. The Hall–Kier alpha value is -2.48. The number of aliphatic hydroxyl groups is 1. The van der Waals surface area contributed by atoms with Crippen molar-refractivity contribution in [3.63, 3.8) is 0 Å². The van der Waals surface area contributed by atoms with Gasteiger partial charge in [0.05, 0.1) is 12.2 Å². The van der Waals surface area contributed by atoms with Gasteiger partial charge in [0.2, 0.25) is 0 Å². The van der Waals surface area contributed by atoms with Gasteiger partial charge in [0.15, 0.2) is 30.9 Å². The number of carbonyl (C=O) groups excluding carboxylic acids is 4. The lowest BCUT2D eigenvalue weighted by Crippen LogP contribution is -2.64. The molecule has 1 amide bonds. The predicted octanol–water partition coefficient (Wildman–Crippen LogP) is 0.139. The van der Waals surface area contributed by atoms with Crippen molar-refractivity contribution in [2.75, 3.05) is 0 Å². The third kappa shape index (κ3) is 6.78. The lowest BCUT2D eigenvalue weighted by Gasteiger charge is -2.47. The summed E-state index contributed by atoms with van der Waals surface area (Å²) in [4.78, 5) is 46.8. The number of hydrogen-bond donors (Lipinski definition) is 2. The molecular weight excluding hydrogens is 458 g/mol. The Morgan fingerprint density at radius 3 is 1.82 bits per heavy atom. The van der Waals surface area contributed by atoms with Crippen LogP contribution in [0.15, 0.2) is 0 Å². The SMILES string of the molecule is CC[C@@H]1OC(O)[C@@H](OC2OC(C)[C@@H](OC(C)=O)[C@H](OC(N)=O)[C@@H]2OC(C)=O)[C@@H](OC(C)=O)[C@@H]1C. The van der Waals surface area contributed by atoms with Crippen LogP contribution < -0.4 is 5.73 Å². The van der Waals surface area contributed by atoms with Crippen LogP contribution in [0.25, 0.3) is 0 Å². The number of ether oxygens (including phenoxy) is 7. The van der Waals surface area contributed by atoms with Gasteiger partial charge in [-0.25, -0.2) is 4.79 Å². The summed E-state index contributed by atoms with van der Waals surface area (Å²) in [5.74, 6) is -2.46. The molecule has 3 unspecified atom stereocenters. The number of carbonyl (C=O) groups is 4. The van der Waals surface area contributed by atoms with Crippen LogP contribution in [0.4, 0.5) is 4.79 Å². The van der Waals surface area contributed by atoms with Gasteiger partial charge < -0.3 is 44.0 Å². The molecule has 3 N–H and O–H groups in total. The van der Waals surface area contributed by atoms with E-state index in [1.807, 2.05) is 6.92 Å². The van der Waals surface area contributed by atoms with E-state index < -0.39 is 79.3 Å². The molecule has 0 spiro atoms. The van der Waals surface area contributed by atoms with Gasteiger partial charge >= 0.3 is 24.0 Å². The van der Waals surface area contributed by atoms with Gasteiger partial charge in [-0.15, -0.1) is 0 Å². The molecule has 13 nitrogen and oxygen atoms in total. The van der Waals surface area contributed by atoms with Crippen molar-refractivity contribution in [1.29, 1.82) is 0 Å². The van der Waals surface area contributed by atoms with E-state index in [1.54, 1.807) is 6.92 Å². The maximum atomic E-state index is 11.8. The fourth-order valence-electron chi connectivity index (χ4n) is 4.21. The fourth-order valence-corrected chi connectivity index (χ4v) is 4.21. The zero-order chi connectivity index (χ0) is 25.7. The van der Waals surface area contributed by atoms with Crippen LogP contribution in [0.1, 0.15) is 48.0 Å². The van der Waals surface area contributed by atoms with E-state index in [-0.39, 0.29) is 5.92 Å². The van der Waals surface area contributed by atoms with Crippen LogP contribution in [0.5, 0.6) is 0 Å². The van der Waals surface area contributed by atoms with Gasteiger partial charge in [-0.05, 0) is 13.3 Å². The third-order valence-corrected chi connectivity index (χ3v) is 5.60. The highest BCUT2D eigenvalue weighted by Crippen LogP contribution is 2.35. The average Bonchev–Trinajstić information content (AvgIpc) is 2.71.